The summed E-state index contributed by atoms with van der Waals surface area (Å²) in [6.07, 6.45) is 0. The molecule has 4 atom stereocenters. The van der Waals surface area contributed by atoms with Crippen molar-refractivity contribution in [3.63, 3.8) is 0 Å². The SMILES string of the molecule is CC(C)(C)C(=O)OCOC(=O)[C@@H]1N2C(=O)[C@H](NC(=O)[C@H](NN)c3ccccc3)[C@H]2SC1(C)C. The standard InChI is InChI=1S/C22H30N4O6S/c1-21(2,3)20(30)32-11-31-19(29)15-22(4,5)33-18-14(17(28)26(15)18)24-16(27)13(25-23)12-9-7-6-8-10-12/h6-10,13-15,18,25H,11,23H2,1-5H3,(H,24,27)/t13-,14+,15+,18-/m1/s1. The minimum Gasteiger partial charge on any atom is -0.427 e. The van der Waals surface area contributed by atoms with Crippen LogP contribution in [0, 0.1) is 5.41 Å². The van der Waals surface area contributed by atoms with Crippen LogP contribution in [0.25, 0.3) is 0 Å². The monoisotopic (exact) mass is 478 g/mol. The first kappa shape index (κ1) is 25.0. The van der Waals surface area contributed by atoms with Crippen LogP contribution in [-0.2, 0) is 28.7 Å². The van der Waals surface area contributed by atoms with Gasteiger partial charge in [0.2, 0.25) is 18.6 Å². The molecule has 2 aliphatic heterocycles. The maximum absolute atomic E-state index is 12.9. The summed E-state index contributed by atoms with van der Waals surface area (Å²) in [6.45, 7) is 8.18. The van der Waals surface area contributed by atoms with Crippen molar-refractivity contribution in [2.24, 2.45) is 11.3 Å². The molecule has 10 nitrogen and oxygen atoms in total. The molecule has 1 aromatic rings. The minimum absolute atomic E-state index is 0.385. The van der Waals surface area contributed by atoms with Gasteiger partial charge in [-0.05, 0) is 40.2 Å². The lowest BCUT2D eigenvalue weighted by molar-refractivity contribution is -0.180. The molecule has 0 radical (unpaired) electrons. The molecule has 11 heteroatoms. The number of nitrogens with zero attached hydrogens (tertiary/aromatic N) is 1. The lowest BCUT2D eigenvalue weighted by Gasteiger charge is -2.44. The molecule has 2 amide bonds. The Hall–Kier alpha value is -2.63. The molecule has 2 saturated heterocycles. The zero-order chi connectivity index (χ0) is 24.6. The van der Waals surface area contributed by atoms with Crippen LogP contribution < -0.4 is 16.6 Å². The van der Waals surface area contributed by atoms with Crippen LogP contribution >= 0.6 is 11.8 Å². The summed E-state index contributed by atoms with van der Waals surface area (Å²) in [7, 11) is 0. The van der Waals surface area contributed by atoms with E-state index in [9.17, 15) is 19.2 Å². The number of carbonyl (C=O) groups excluding carboxylic acids is 4. The van der Waals surface area contributed by atoms with E-state index < -0.39 is 58.3 Å². The third-order valence-corrected chi connectivity index (χ3v) is 7.10. The van der Waals surface area contributed by atoms with Gasteiger partial charge >= 0.3 is 11.9 Å². The van der Waals surface area contributed by atoms with Gasteiger partial charge in [0.1, 0.15) is 23.5 Å². The summed E-state index contributed by atoms with van der Waals surface area (Å²) in [5.41, 5.74) is 2.40. The van der Waals surface area contributed by atoms with Crippen LogP contribution in [0.5, 0.6) is 0 Å². The molecule has 33 heavy (non-hydrogen) atoms. The third-order valence-electron chi connectivity index (χ3n) is 5.53. The Bertz CT molecular complexity index is 933. The van der Waals surface area contributed by atoms with Crippen LogP contribution in [0.1, 0.15) is 46.2 Å². The highest BCUT2D eigenvalue weighted by molar-refractivity contribution is 8.01. The van der Waals surface area contributed by atoms with Crippen LogP contribution in [0.3, 0.4) is 0 Å². The van der Waals surface area contributed by atoms with Gasteiger partial charge in [0, 0.05) is 4.75 Å². The first-order chi connectivity index (χ1) is 15.4. The molecule has 2 fully saturated rings. The van der Waals surface area contributed by atoms with Crippen molar-refractivity contribution in [2.75, 3.05) is 6.79 Å². The van der Waals surface area contributed by atoms with Crippen molar-refractivity contribution < 1.29 is 28.7 Å². The fourth-order valence-electron chi connectivity index (χ4n) is 3.77. The number of esters is 2. The molecular formula is C22H30N4O6S. The van der Waals surface area contributed by atoms with E-state index in [1.54, 1.807) is 45.0 Å². The number of rotatable bonds is 7. The van der Waals surface area contributed by atoms with Crippen molar-refractivity contribution in [3.8, 4) is 0 Å². The van der Waals surface area contributed by atoms with Gasteiger partial charge in [0.05, 0.1) is 5.41 Å². The zero-order valence-corrected chi connectivity index (χ0v) is 20.1. The molecule has 2 aliphatic rings. The summed E-state index contributed by atoms with van der Waals surface area (Å²) >= 11 is 1.40. The van der Waals surface area contributed by atoms with Crippen molar-refractivity contribution in [1.82, 2.24) is 15.6 Å². The second-order valence-electron chi connectivity index (χ2n) is 9.52. The molecule has 3 rings (SSSR count). The number of hydrogen-bond acceptors (Lipinski definition) is 9. The Morgan fingerprint density at radius 3 is 2.39 bits per heavy atom. The van der Waals surface area contributed by atoms with Crippen LogP contribution in [0.2, 0.25) is 0 Å². The molecule has 0 aliphatic carbocycles. The highest BCUT2D eigenvalue weighted by Crippen LogP contribution is 2.51. The first-order valence-corrected chi connectivity index (χ1v) is 11.4. The van der Waals surface area contributed by atoms with E-state index in [0.29, 0.717) is 5.56 Å². The van der Waals surface area contributed by atoms with Gasteiger partial charge in [-0.2, -0.15) is 0 Å². The normalized spacial score (nSPS) is 24.4. The molecule has 0 unspecified atom stereocenters. The third kappa shape index (κ3) is 4.99. The number of fused-ring (bicyclic) bond motifs is 1. The van der Waals surface area contributed by atoms with Crippen LogP contribution in [-0.4, -0.2) is 57.7 Å². The lowest BCUT2D eigenvalue weighted by atomic mass is 9.95. The van der Waals surface area contributed by atoms with Gasteiger partial charge in [-0.15, -0.1) is 11.8 Å². The van der Waals surface area contributed by atoms with E-state index in [2.05, 4.69) is 10.7 Å². The van der Waals surface area contributed by atoms with Gasteiger partial charge in [0.25, 0.3) is 0 Å². The number of nitrogens with two attached hydrogens (primary N) is 1. The van der Waals surface area contributed by atoms with Gasteiger partial charge < -0.3 is 19.7 Å². The molecular weight excluding hydrogens is 448 g/mol. The van der Waals surface area contributed by atoms with E-state index in [1.807, 2.05) is 19.9 Å². The topological polar surface area (TPSA) is 140 Å². The van der Waals surface area contributed by atoms with Crippen molar-refractivity contribution in [2.45, 2.75) is 62.9 Å². The number of nitrogens with one attached hydrogen (secondary N) is 2. The average molecular weight is 479 g/mol. The predicted molar refractivity (Wildman–Crippen MR) is 121 cm³/mol. The van der Waals surface area contributed by atoms with Crippen molar-refractivity contribution in [3.05, 3.63) is 35.9 Å². The Balaban J connectivity index is 1.63. The van der Waals surface area contributed by atoms with E-state index in [1.165, 1.54) is 16.7 Å². The van der Waals surface area contributed by atoms with E-state index in [0.717, 1.165) is 0 Å². The van der Waals surface area contributed by atoms with E-state index >= 15 is 0 Å². The number of ether oxygens (including phenoxy) is 2. The Morgan fingerprint density at radius 1 is 1.18 bits per heavy atom. The predicted octanol–water partition coefficient (Wildman–Crippen LogP) is 0.828. The molecule has 4 N–H and O–H groups in total. The largest absolute Gasteiger partial charge is 0.427 e. The quantitative estimate of drug-likeness (QED) is 0.171. The van der Waals surface area contributed by atoms with Gasteiger partial charge in [-0.1, -0.05) is 30.3 Å². The van der Waals surface area contributed by atoms with Gasteiger partial charge in [-0.25, -0.2) is 10.2 Å². The summed E-state index contributed by atoms with van der Waals surface area (Å²) in [5, 5.41) is 2.31. The molecule has 0 spiro atoms. The van der Waals surface area contributed by atoms with E-state index in [-0.39, 0.29) is 5.91 Å². The van der Waals surface area contributed by atoms with Gasteiger partial charge in [-0.3, -0.25) is 20.2 Å². The maximum atomic E-state index is 12.9. The number of amides is 2. The average Bonchev–Trinajstić information content (AvgIpc) is 3.00. The lowest BCUT2D eigenvalue weighted by Crippen LogP contribution is -2.71. The van der Waals surface area contributed by atoms with Crippen LogP contribution in [0.15, 0.2) is 30.3 Å². The summed E-state index contributed by atoms with van der Waals surface area (Å²) in [5.74, 6) is 3.58. The summed E-state index contributed by atoms with van der Waals surface area (Å²) in [4.78, 5) is 51.7. The number of hydrazine groups is 1. The van der Waals surface area contributed by atoms with Crippen LogP contribution in [0.4, 0.5) is 0 Å². The second-order valence-corrected chi connectivity index (χ2v) is 11.3. The highest BCUT2D eigenvalue weighted by atomic mass is 32.2. The summed E-state index contributed by atoms with van der Waals surface area (Å²) in [6, 6.07) is 6.40. The zero-order valence-electron chi connectivity index (χ0n) is 19.3. The number of hydrogen-bond donors (Lipinski definition) is 3. The molecule has 1 aromatic carbocycles. The number of benzene rings is 1. The minimum atomic E-state index is -0.876. The van der Waals surface area contributed by atoms with Crippen molar-refractivity contribution in [1.29, 1.82) is 0 Å². The fourth-order valence-corrected chi connectivity index (χ4v) is 5.39. The molecule has 2 heterocycles. The fraction of sp³-hybridized carbons (Fsp3) is 0.545. The second kappa shape index (κ2) is 9.32. The van der Waals surface area contributed by atoms with Gasteiger partial charge in [0.15, 0.2) is 0 Å². The number of thioether (sulfide) groups is 1. The molecule has 180 valence electrons. The molecule has 0 saturated carbocycles. The highest BCUT2D eigenvalue weighted by Gasteiger charge is 2.64. The Morgan fingerprint density at radius 2 is 1.82 bits per heavy atom. The molecule has 0 aromatic heterocycles. The van der Waals surface area contributed by atoms with E-state index in [4.69, 9.17) is 15.3 Å². The molecule has 0 bridgehead atoms. The summed E-state index contributed by atoms with van der Waals surface area (Å²) < 4.78 is 9.48. The number of β-lactam (4-membered cyclic amide) rings is 1. The Labute approximate surface area is 196 Å². The maximum Gasteiger partial charge on any atom is 0.333 e. The number of carbonyl (C=O) groups is 4. The first-order valence-electron chi connectivity index (χ1n) is 10.5. The smallest absolute Gasteiger partial charge is 0.333 e. The van der Waals surface area contributed by atoms with Crippen molar-refractivity contribution >= 4 is 35.5 Å². The Kier molecular flexibility index (Phi) is 7.06.